The number of aliphatic hydroxyl groups is 1. The molecule has 0 saturated carbocycles. The summed E-state index contributed by atoms with van der Waals surface area (Å²) in [7, 11) is 1.51. The predicted octanol–water partition coefficient (Wildman–Crippen LogP) is 10.6. The minimum atomic E-state index is -1.60. The van der Waals surface area contributed by atoms with E-state index in [1.807, 2.05) is 12.1 Å². The molecule has 3 atom stereocenters. The summed E-state index contributed by atoms with van der Waals surface area (Å²) in [5.41, 5.74) is 0.881. The molecule has 0 bridgehead atoms. The Morgan fingerprint density at radius 2 is 1.54 bits per heavy atom. The van der Waals surface area contributed by atoms with E-state index in [0.29, 0.717) is 52.9 Å². The number of halogens is 4. The first-order valence-electron chi connectivity index (χ1n) is 19.6. The Labute approximate surface area is 355 Å². The smallest absolute Gasteiger partial charge is 0.311 e. The number of carbonyl (C=O) groups excluding carboxylic acids is 2. The number of unbranched alkanes of at least 4 members (excludes halogenated alkanes) is 11. The third-order valence-electron chi connectivity index (χ3n) is 9.83. The van der Waals surface area contributed by atoms with E-state index >= 15 is 0 Å². The van der Waals surface area contributed by atoms with Crippen LogP contribution < -0.4 is 15.4 Å². The molecule has 3 N–H and O–H groups in total. The molecule has 0 radical (unpaired) electrons. The third-order valence-corrected chi connectivity index (χ3v) is 12.2. The van der Waals surface area contributed by atoms with Crippen molar-refractivity contribution in [2.75, 3.05) is 26.8 Å². The second-order valence-corrected chi connectivity index (χ2v) is 17.7. The lowest BCUT2D eigenvalue weighted by atomic mass is 9.99. The average molecular weight is 1010 g/mol. The minimum Gasteiger partial charge on any atom is -0.495 e. The van der Waals surface area contributed by atoms with Crippen LogP contribution in [0.15, 0.2) is 47.2 Å². The molecule has 1 spiro atoms. The Morgan fingerprint density at radius 3 is 2.15 bits per heavy atom. The van der Waals surface area contributed by atoms with Crippen LogP contribution in [0.2, 0.25) is 0 Å². The molecule has 2 amide bonds. The van der Waals surface area contributed by atoms with Gasteiger partial charge in [-0.15, -0.1) is 0 Å². The molecule has 54 heavy (non-hydrogen) atoms. The Balaban J connectivity index is 1.22. The van der Waals surface area contributed by atoms with Crippen molar-refractivity contribution in [3.63, 3.8) is 0 Å². The molecule has 304 valence electrons. The number of aliphatic hydroxyl groups excluding tert-OH is 1. The van der Waals surface area contributed by atoms with Gasteiger partial charge in [0.2, 0.25) is 5.91 Å². The average Bonchev–Trinajstić information content (AvgIpc) is 3.39. The lowest BCUT2D eigenvalue weighted by Crippen LogP contribution is -2.49. The Kier molecular flexibility index (Phi) is 22.2. The van der Waals surface area contributed by atoms with Crippen LogP contribution in [0, 0.1) is 5.92 Å². The van der Waals surface area contributed by atoms with E-state index in [1.54, 1.807) is 0 Å². The van der Waals surface area contributed by atoms with Gasteiger partial charge in [-0.2, -0.15) is 0 Å². The zero-order valence-electron chi connectivity index (χ0n) is 32.1. The molecule has 0 aromatic heterocycles. The van der Waals surface area contributed by atoms with E-state index in [9.17, 15) is 14.7 Å². The molecule has 2 aliphatic rings. The van der Waals surface area contributed by atoms with E-state index in [1.165, 1.54) is 90.4 Å². The monoisotopic (exact) mass is 1010 g/mol. The summed E-state index contributed by atoms with van der Waals surface area (Å²) in [4.78, 5) is 30.6. The standard InChI is InChI=1S/C40H59Br4N3O7/c1-4-28(2)18-15-13-11-9-7-5-6-8-10-12-14-16-19-34(48)45-22-20-29-24-30(41)37(31(42)25-29)52-23-17-21-46-39(50)35-38(49)40(54-47-35)26-32(43)36(51-3)33(44)27-53-40/h24-25,27-28,38,49H,4-23,26H2,1-3H3,(H,45,48)(H,46,50). The van der Waals surface area contributed by atoms with E-state index in [0.717, 1.165) is 33.3 Å². The van der Waals surface area contributed by atoms with Crippen LogP contribution in [-0.4, -0.2) is 61.3 Å². The number of ether oxygens (including phenoxy) is 3. The normalized spacial score (nSPS) is 18.7. The summed E-state index contributed by atoms with van der Waals surface area (Å²) in [6.07, 6.45) is 20.0. The van der Waals surface area contributed by atoms with Crippen molar-refractivity contribution in [3.8, 4) is 5.75 Å². The number of hydrogen-bond donors (Lipinski definition) is 3. The number of hydrogen-bond acceptors (Lipinski definition) is 8. The van der Waals surface area contributed by atoms with E-state index in [-0.39, 0.29) is 24.6 Å². The fourth-order valence-corrected chi connectivity index (χ4v) is 9.35. The lowest BCUT2D eigenvalue weighted by molar-refractivity contribution is -0.225. The number of benzene rings is 1. The summed E-state index contributed by atoms with van der Waals surface area (Å²) in [5.74, 6) is -0.0337. The number of carbonyl (C=O) groups is 2. The molecule has 0 saturated heterocycles. The summed E-state index contributed by atoms with van der Waals surface area (Å²) >= 11 is 14.0. The number of nitrogens with zero attached hydrogens (tertiary/aromatic N) is 1. The van der Waals surface area contributed by atoms with Gasteiger partial charge in [-0.3, -0.25) is 9.59 Å². The largest absolute Gasteiger partial charge is 0.495 e. The van der Waals surface area contributed by atoms with Crippen LogP contribution in [0.25, 0.3) is 0 Å². The van der Waals surface area contributed by atoms with Crippen LogP contribution in [-0.2, 0) is 30.3 Å². The maximum atomic E-state index is 12.8. The molecule has 1 aromatic rings. The van der Waals surface area contributed by atoms with E-state index < -0.39 is 17.8 Å². The highest BCUT2D eigenvalue weighted by Crippen LogP contribution is 2.41. The van der Waals surface area contributed by atoms with Crippen LogP contribution in [0.3, 0.4) is 0 Å². The maximum Gasteiger partial charge on any atom is 0.311 e. The van der Waals surface area contributed by atoms with Crippen molar-refractivity contribution in [1.29, 1.82) is 0 Å². The van der Waals surface area contributed by atoms with Gasteiger partial charge in [0.15, 0.2) is 11.8 Å². The molecule has 0 fully saturated rings. The second-order valence-electron chi connectivity index (χ2n) is 14.2. The van der Waals surface area contributed by atoms with Gasteiger partial charge in [-0.05, 0) is 90.7 Å². The van der Waals surface area contributed by atoms with Crippen molar-refractivity contribution >= 4 is 81.2 Å². The molecule has 3 rings (SSSR count). The summed E-state index contributed by atoms with van der Waals surface area (Å²) in [6.45, 7) is 5.85. The number of allylic oxidation sites excluding steroid dienone is 1. The van der Waals surface area contributed by atoms with Gasteiger partial charge in [0, 0.05) is 24.0 Å². The quantitative estimate of drug-likeness (QED) is 0.0789. The first kappa shape index (κ1) is 46.8. The Bertz CT molecular complexity index is 1420. The van der Waals surface area contributed by atoms with Gasteiger partial charge in [0.1, 0.15) is 17.8 Å². The highest BCUT2D eigenvalue weighted by Gasteiger charge is 2.54. The molecular formula is C40H59Br4N3O7. The number of rotatable bonds is 26. The van der Waals surface area contributed by atoms with Crippen LogP contribution in [0.5, 0.6) is 5.75 Å². The van der Waals surface area contributed by atoms with E-state index in [2.05, 4.69) is 93.4 Å². The molecule has 1 aromatic carbocycles. The SMILES string of the molecule is CCC(C)CCCCCCCCCCCCCCC(=O)NCCc1cc(Br)c(OCCCNC(=O)C2=NOC3(CC(Br)=C(OC)C(Br)=CO3)C2O)c(Br)c1. The van der Waals surface area contributed by atoms with Gasteiger partial charge in [0.25, 0.3) is 5.91 Å². The summed E-state index contributed by atoms with van der Waals surface area (Å²) in [5, 5.41) is 20.6. The summed E-state index contributed by atoms with van der Waals surface area (Å²) < 4.78 is 19.7. The molecule has 3 unspecified atom stereocenters. The van der Waals surface area contributed by atoms with Crippen molar-refractivity contribution in [1.82, 2.24) is 10.6 Å². The van der Waals surface area contributed by atoms with Crippen molar-refractivity contribution in [2.45, 2.75) is 141 Å². The van der Waals surface area contributed by atoms with Crippen molar-refractivity contribution in [3.05, 3.63) is 47.6 Å². The van der Waals surface area contributed by atoms with Crippen molar-refractivity contribution in [2.24, 2.45) is 11.1 Å². The highest BCUT2D eigenvalue weighted by molar-refractivity contribution is 9.12. The first-order chi connectivity index (χ1) is 26.0. The number of methoxy groups -OCH3 is 1. The lowest BCUT2D eigenvalue weighted by Gasteiger charge is -2.27. The number of oxime groups is 1. The van der Waals surface area contributed by atoms with Gasteiger partial charge in [-0.25, -0.2) is 0 Å². The zero-order chi connectivity index (χ0) is 39.3. The molecule has 0 aliphatic carbocycles. The highest BCUT2D eigenvalue weighted by atomic mass is 79.9. The predicted molar refractivity (Wildman–Crippen MR) is 229 cm³/mol. The second kappa shape index (κ2) is 25.6. The fourth-order valence-electron chi connectivity index (χ4n) is 6.31. The third kappa shape index (κ3) is 15.7. The van der Waals surface area contributed by atoms with Crippen molar-refractivity contribution < 1.29 is 33.7 Å². The Hall–Kier alpha value is -1.61. The van der Waals surface area contributed by atoms with Gasteiger partial charge >= 0.3 is 5.79 Å². The van der Waals surface area contributed by atoms with Crippen LogP contribution >= 0.6 is 63.7 Å². The van der Waals surface area contributed by atoms with Gasteiger partial charge in [-0.1, -0.05) is 118 Å². The minimum absolute atomic E-state index is 0.0630. The molecule has 2 heterocycles. The number of nitrogens with one attached hydrogen (secondary N) is 2. The van der Waals surface area contributed by atoms with E-state index in [4.69, 9.17) is 19.0 Å². The maximum absolute atomic E-state index is 12.8. The topological polar surface area (TPSA) is 128 Å². The Morgan fingerprint density at radius 1 is 0.926 bits per heavy atom. The molecule has 10 nitrogen and oxygen atoms in total. The zero-order valence-corrected chi connectivity index (χ0v) is 38.4. The van der Waals surface area contributed by atoms with Gasteiger partial charge in [0.05, 0.1) is 33.6 Å². The molecular weight excluding hydrogens is 954 g/mol. The van der Waals surface area contributed by atoms with Crippen LogP contribution in [0.1, 0.15) is 129 Å². The van der Waals surface area contributed by atoms with Gasteiger partial charge < -0.3 is 34.8 Å². The summed E-state index contributed by atoms with van der Waals surface area (Å²) in [6, 6.07) is 3.98. The number of amides is 2. The molecule has 2 aliphatic heterocycles. The van der Waals surface area contributed by atoms with Crippen LogP contribution in [0.4, 0.5) is 0 Å². The fraction of sp³-hybridized carbons (Fsp3) is 0.675. The molecule has 14 heteroatoms. The first-order valence-corrected chi connectivity index (χ1v) is 22.7.